The SMILES string of the molecule is CCC1C(=O)NCCN1c1ncnc(NC)c1Br. The van der Waals surface area contributed by atoms with E-state index in [1.807, 2.05) is 11.8 Å². The van der Waals surface area contributed by atoms with Gasteiger partial charge < -0.3 is 15.5 Å². The maximum atomic E-state index is 11.8. The highest BCUT2D eigenvalue weighted by Gasteiger charge is 2.30. The van der Waals surface area contributed by atoms with Gasteiger partial charge in [0.1, 0.15) is 28.5 Å². The van der Waals surface area contributed by atoms with Crippen molar-refractivity contribution in [2.75, 3.05) is 30.4 Å². The molecule has 1 amide bonds. The van der Waals surface area contributed by atoms with Crippen LogP contribution in [0.5, 0.6) is 0 Å². The van der Waals surface area contributed by atoms with E-state index >= 15 is 0 Å². The molecule has 2 rings (SSSR count). The Labute approximate surface area is 114 Å². The van der Waals surface area contributed by atoms with Crippen molar-refractivity contribution in [1.29, 1.82) is 0 Å². The molecule has 1 aliphatic heterocycles. The monoisotopic (exact) mass is 313 g/mol. The predicted molar refractivity (Wildman–Crippen MR) is 73.7 cm³/mol. The van der Waals surface area contributed by atoms with Gasteiger partial charge in [0.2, 0.25) is 5.91 Å². The van der Waals surface area contributed by atoms with Gasteiger partial charge in [0.05, 0.1) is 0 Å². The Morgan fingerprint density at radius 2 is 2.39 bits per heavy atom. The lowest BCUT2D eigenvalue weighted by Crippen LogP contribution is -2.55. The lowest BCUT2D eigenvalue weighted by Gasteiger charge is -2.35. The van der Waals surface area contributed by atoms with Crippen LogP contribution in [0.3, 0.4) is 0 Å². The zero-order chi connectivity index (χ0) is 13.1. The van der Waals surface area contributed by atoms with E-state index in [4.69, 9.17) is 0 Å². The van der Waals surface area contributed by atoms with Gasteiger partial charge in [0.15, 0.2) is 0 Å². The molecule has 1 atom stereocenters. The van der Waals surface area contributed by atoms with E-state index in [1.54, 1.807) is 7.05 Å². The van der Waals surface area contributed by atoms with E-state index in [0.717, 1.165) is 29.1 Å². The molecule has 0 aromatic carbocycles. The number of hydrogen-bond acceptors (Lipinski definition) is 5. The lowest BCUT2D eigenvalue weighted by molar-refractivity contribution is -0.123. The van der Waals surface area contributed by atoms with E-state index in [-0.39, 0.29) is 11.9 Å². The number of carbonyl (C=O) groups excluding carboxylic acids is 1. The summed E-state index contributed by atoms with van der Waals surface area (Å²) >= 11 is 3.49. The second-order valence-corrected chi connectivity index (χ2v) is 4.81. The van der Waals surface area contributed by atoms with E-state index in [9.17, 15) is 4.79 Å². The third-order valence-electron chi connectivity index (χ3n) is 3.00. The first-order chi connectivity index (χ1) is 8.69. The maximum absolute atomic E-state index is 11.8. The number of rotatable bonds is 3. The van der Waals surface area contributed by atoms with Gasteiger partial charge in [-0.05, 0) is 22.4 Å². The van der Waals surface area contributed by atoms with Crippen molar-refractivity contribution in [3.8, 4) is 0 Å². The number of anilines is 2. The molecule has 1 saturated heterocycles. The van der Waals surface area contributed by atoms with Crippen molar-refractivity contribution in [3.05, 3.63) is 10.8 Å². The van der Waals surface area contributed by atoms with Gasteiger partial charge in [-0.3, -0.25) is 4.79 Å². The largest absolute Gasteiger partial charge is 0.372 e. The highest BCUT2D eigenvalue weighted by atomic mass is 79.9. The van der Waals surface area contributed by atoms with E-state index in [1.165, 1.54) is 6.33 Å². The molecule has 1 aromatic heterocycles. The molecule has 2 heterocycles. The fourth-order valence-electron chi connectivity index (χ4n) is 2.11. The Kier molecular flexibility index (Phi) is 4.00. The van der Waals surface area contributed by atoms with Gasteiger partial charge in [-0.15, -0.1) is 0 Å². The van der Waals surface area contributed by atoms with Gasteiger partial charge in [-0.1, -0.05) is 6.92 Å². The topological polar surface area (TPSA) is 70.2 Å². The lowest BCUT2D eigenvalue weighted by atomic mass is 10.1. The maximum Gasteiger partial charge on any atom is 0.242 e. The summed E-state index contributed by atoms with van der Waals surface area (Å²) in [6.45, 7) is 3.39. The second kappa shape index (κ2) is 5.51. The van der Waals surface area contributed by atoms with Gasteiger partial charge in [-0.25, -0.2) is 9.97 Å². The molecule has 0 spiro atoms. The second-order valence-electron chi connectivity index (χ2n) is 4.02. The molecule has 0 aliphatic carbocycles. The fraction of sp³-hybridized carbons (Fsp3) is 0.545. The zero-order valence-corrected chi connectivity index (χ0v) is 12.0. The summed E-state index contributed by atoms with van der Waals surface area (Å²) in [5.74, 6) is 1.54. The predicted octanol–water partition coefficient (Wildman–Crippen LogP) is 0.996. The minimum absolute atomic E-state index is 0.0558. The number of piperazine rings is 1. The highest BCUT2D eigenvalue weighted by molar-refractivity contribution is 9.10. The standard InChI is InChI=1S/C11H16BrN5O/c1-3-7-11(18)14-4-5-17(7)10-8(12)9(13-2)15-6-16-10/h6-7H,3-5H2,1-2H3,(H,14,18)(H,13,15,16). The molecule has 98 valence electrons. The first-order valence-corrected chi connectivity index (χ1v) is 6.71. The summed E-state index contributed by atoms with van der Waals surface area (Å²) in [7, 11) is 1.80. The van der Waals surface area contributed by atoms with Gasteiger partial charge in [0, 0.05) is 20.1 Å². The first kappa shape index (κ1) is 13.1. The molecule has 1 unspecified atom stereocenters. The van der Waals surface area contributed by atoms with Gasteiger partial charge >= 0.3 is 0 Å². The quantitative estimate of drug-likeness (QED) is 0.871. The number of halogens is 1. The van der Waals surface area contributed by atoms with E-state index in [0.29, 0.717) is 6.54 Å². The summed E-state index contributed by atoms with van der Waals surface area (Å²) < 4.78 is 0.792. The third-order valence-corrected chi connectivity index (χ3v) is 3.73. The van der Waals surface area contributed by atoms with Crippen molar-refractivity contribution in [1.82, 2.24) is 15.3 Å². The molecule has 1 aliphatic rings. The summed E-state index contributed by atoms with van der Waals surface area (Å²) in [4.78, 5) is 22.3. The molecule has 18 heavy (non-hydrogen) atoms. The van der Waals surface area contributed by atoms with Crippen LogP contribution in [0.4, 0.5) is 11.6 Å². The van der Waals surface area contributed by atoms with Gasteiger partial charge in [0.25, 0.3) is 0 Å². The average molecular weight is 314 g/mol. The molecule has 1 aromatic rings. The third kappa shape index (κ3) is 2.27. The number of amides is 1. The summed E-state index contributed by atoms with van der Waals surface area (Å²) in [6, 6.07) is -0.172. The number of aromatic nitrogens is 2. The van der Waals surface area contributed by atoms with Crippen molar-refractivity contribution in [2.45, 2.75) is 19.4 Å². The molecule has 6 nitrogen and oxygen atoms in total. The van der Waals surface area contributed by atoms with Crippen LogP contribution in [0.1, 0.15) is 13.3 Å². The first-order valence-electron chi connectivity index (χ1n) is 5.91. The van der Waals surface area contributed by atoms with Gasteiger partial charge in [-0.2, -0.15) is 0 Å². The summed E-state index contributed by atoms with van der Waals surface area (Å²) in [6.07, 6.45) is 2.25. The van der Waals surface area contributed by atoms with Crippen molar-refractivity contribution >= 4 is 33.5 Å². The highest BCUT2D eigenvalue weighted by Crippen LogP contribution is 2.31. The van der Waals surface area contributed by atoms with E-state index in [2.05, 4.69) is 36.5 Å². The molecule has 0 saturated carbocycles. The summed E-state index contributed by atoms with van der Waals surface area (Å²) in [5, 5.41) is 5.87. The van der Waals surface area contributed by atoms with Crippen molar-refractivity contribution in [2.24, 2.45) is 0 Å². The zero-order valence-electron chi connectivity index (χ0n) is 10.4. The minimum atomic E-state index is -0.172. The van der Waals surface area contributed by atoms with Crippen LogP contribution in [0.15, 0.2) is 10.8 Å². The molecule has 0 radical (unpaired) electrons. The molecule has 0 bridgehead atoms. The molecule has 7 heteroatoms. The van der Waals surface area contributed by atoms with Crippen molar-refractivity contribution in [3.63, 3.8) is 0 Å². The van der Waals surface area contributed by atoms with Crippen LogP contribution in [0, 0.1) is 0 Å². The van der Waals surface area contributed by atoms with Crippen LogP contribution in [-0.4, -0.2) is 42.1 Å². The number of nitrogens with one attached hydrogen (secondary N) is 2. The number of hydrogen-bond donors (Lipinski definition) is 2. The van der Waals surface area contributed by atoms with Crippen LogP contribution in [0.25, 0.3) is 0 Å². The van der Waals surface area contributed by atoms with E-state index < -0.39 is 0 Å². The van der Waals surface area contributed by atoms with Crippen LogP contribution in [-0.2, 0) is 4.79 Å². The molecule has 1 fully saturated rings. The molecular weight excluding hydrogens is 298 g/mol. The molecular formula is C11H16BrN5O. The minimum Gasteiger partial charge on any atom is -0.372 e. The molecule has 2 N–H and O–H groups in total. The smallest absolute Gasteiger partial charge is 0.242 e. The number of carbonyl (C=O) groups is 1. The normalized spacial score (nSPS) is 19.6. The van der Waals surface area contributed by atoms with Crippen LogP contribution >= 0.6 is 15.9 Å². The van der Waals surface area contributed by atoms with Crippen molar-refractivity contribution < 1.29 is 4.79 Å². The average Bonchev–Trinajstić information content (AvgIpc) is 2.39. The Balaban J connectivity index is 2.37. The van der Waals surface area contributed by atoms with Crippen LogP contribution in [0.2, 0.25) is 0 Å². The van der Waals surface area contributed by atoms with Crippen LogP contribution < -0.4 is 15.5 Å². The Hall–Kier alpha value is -1.37. The Bertz CT molecular complexity index is 453. The number of nitrogens with zero attached hydrogens (tertiary/aromatic N) is 3. The fourth-order valence-corrected chi connectivity index (χ4v) is 2.74. The Morgan fingerprint density at radius 1 is 1.61 bits per heavy atom. The summed E-state index contributed by atoms with van der Waals surface area (Å²) in [5.41, 5.74) is 0. The Morgan fingerprint density at radius 3 is 3.06 bits per heavy atom.